The van der Waals surface area contributed by atoms with Crippen LogP contribution in [0.4, 0.5) is 14.6 Å². The molecule has 7 nitrogen and oxygen atoms in total. The van der Waals surface area contributed by atoms with Crippen LogP contribution in [0.3, 0.4) is 0 Å². The van der Waals surface area contributed by atoms with E-state index in [0.29, 0.717) is 56.1 Å². The zero-order chi connectivity index (χ0) is 26.6. The molecule has 4 atom stereocenters. The van der Waals surface area contributed by atoms with Crippen molar-refractivity contribution in [3.05, 3.63) is 76.5 Å². The lowest BCUT2D eigenvalue weighted by atomic mass is 9.87. The van der Waals surface area contributed by atoms with E-state index in [2.05, 4.69) is 21.6 Å². The Hall–Kier alpha value is -3.35. The van der Waals surface area contributed by atoms with Crippen molar-refractivity contribution in [3.63, 3.8) is 0 Å². The molecule has 1 unspecified atom stereocenters. The Kier molecular flexibility index (Phi) is 8.01. The van der Waals surface area contributed by atoms with Crippen LogP contribution in [-0.2, 0) is 4.79 Å². The van der Waals surface area contributed by atoms with Gasteiger partial charge in [0.2, 0.25) is 5.91 Å². The molecule has 0 saturated carbocycles. The first-order chi connectivity index (χ1) is 18.4. The van der Waals surface area contributed by atoms with Crippen LogP contribution in [0.1, 0.15) is 36.4 Å². The fraction of sp³-hybridized carbons (Fsp3) is 0.429. The topological polar surface area (TPSA) is 85.2 Å². The van der Waals surface area contributed by atoms with Gasteiger partial charge in [0.25, 0.3) is 0 Å². The summed E-state index contributed by atoms with van der Waals surface area (Å²) in [6.07, 6.45) is 8.82. The van der Waals surface area contributed by atoms with Crippen molar-refractivity contribution in [2.24, 2.45) is 11.8 Å². The van der Waals surface area contributed by atoms with Gasteiger partial charge >= 0.3 is 0 Å². The molecule has 0 bridgehead atoms. The largest absolute Gasteiger partial charge is 0.354 e. The van der Waals surface area contributed by atoms with E-state index in [4.69, 9.17) is 16.9 Å². The van der Waals surface area contributed by atoms with Gasteiger partial charge in [-0.2, -0.15) is 5.26 Å². The number of halogens is 3. The SMILES string of the molecule is N#Cc1ccc(N2C[C@@H](C(=O)N3CCC[C@@H](C4C=CC(Cl)=CC4)NCC3)[C@H](c3ccc(F)cc3F)C2)nn1. The number of nitrogens with zero attached hydrogens (tertiary/aromatic N) is 5. The molecule has 2 fully saturated rings. The number of hydrogen-bond acceptors (Lipinski definition) is 6. The Morgan fingerprint density at radius 2 is 2.03 bits per heavy atom. The quantitative estimate of drug-likeness (QED) is 0.630. The van der Waals surface area contributed by atoms with Crippen molar-refractivity contribution >= 4 is 23.3 Å². The lowest BCUT2D eigenvalue weighted by Crippen LogP contribution is -2.48. The number of aromatic nitrogens is 2. The Morgan fingerprint density at radius 3 is 2.74 bits per heavy atom. The van der Waals surface area contributed by atoms with E-state index >= 15 is 0 Å². The number of carbonyl (C=O) groups excluding carboxylic acids is 1. The van der Waals surface area contributed by atoms with Gasteiger partial charge in [0.05, 0.1) is 5.92 Å². The number of benzene rings is 1. The highest BCUT2D eigenvalue weighted by Crippen LogP contribution is 2.37. The molecular formula is C28H29ClF2N6O. The predicted octanol–water partition coefficient (Wildman–Crippen LogP) is 4.13. The summed E-state index contributed by atoms with van der Waals surface area (Å²) in [6, 6.07) is 9.03. The highest BCUT2D eigenvalue weighted by molar-refractivity contribution is 6.31. The van der Waals surface area contributed by atoms with E-state index in [1.54, 1.807) is 12.1 Å². The number of carbonyl (C=O) groups is 1. The summed E-state index contributed by atoms with van der Waals surface area (Å²) in [7, 11) is 0. The monoisotopic (exact) mass is 538 g/mol. The summed E-state index contributed by atoms with van der Waals surface area (Å²) in [5.74, 6) is -1.48. The summed E-state index contributed by atoms with van der Waals surface area (Å²) in [5, 5.41) is 21.5. The molecule has 38 heavy (non-hydrogen) atoms. The molecule has 1 aromatic heterocycles. The van der Waals surface area contributed by atoms with Crippen LogP contribution < -0.4 is 10.2 Å². The van der Waals surface area contributed by atoms with Gasteiger partial charge in [-0.3, -0.25) is 4.79 Å². The van der Waals surface area contributed by atoms with Crippen LogP contribution >= 0.6 is 11.6 Å². The van der Waals surface area contributed by atoms with E-state index in [9.17, 15) is 13.6 Å². The molecule has 0 spiro atoms. The molecule has 1 amide bonds. The molecule has 1 aromatic carbocycles. The molecule has 2 aliphatic heterocycles. The van der Waals surface area contributed by atoms with Crippen LogP contribution in [-0.4, -0.2) is 59.8 Å². The average Bonchev–Trinajstić information content (AvgIpc) is 3.34. The molecule has 1 aliphatic carbocycles. The molecule has 2 aromatic rings. The second-order valence-electron chi connectivity index (χ2n) is 10.0. The zero-order valence-electron chi connectivity index (χ0n) is 20.9. The van der Waals surface area contributed by atoms with Crippen LogP contribution in [0.15, 0.2) is 53.6 Å². The van der Waals surface area contributed by atoms with E-state index in [1.807, 2.05) is 28.0 Å². The molecule has 0 radical (unpaired) electrons. The van der Waals surface area contributed by atoms with Gasteiger partial charge < -0.3 is 15.1 Å². The minimum absolute atomic E-state index is 0.0460. The molecule has 3 heterocycles. The van der Waals surface area contributed by atoms with Gasteiger partial charge in [0.15, 0.2) is 11.5 Å². The van der Waals surface area contributed by atoms with Crippen molar-refractivity contribution in [1.29, 1.82) is 5.26 Å². The first-order valence-corrected chi connectivity index (χ1v) is 13.3. The maximum absolute atomic E-state index is 14.9. The molecular weight excluding hydrogens is 510 g/mol. The average molecular weight is 539 g/mol. The van der Waals surface area contributed by atoms with Gasteiger partial charge in [-0.25, -0.2) is 8.78 Å². The van der Waals surface area contributed by atoms with Crippen molar-refractivity contribution in [2.45, 2.75) is 31.2 Å². The van der Waals surface area contributed by atoms with Crippen LogP contribution in [0.5, 0.6) is 0 Å². The molecule has 5 rings (SSSR count). The van der Waals surface area contributed by atoms with Crippen molar-refractivity contribution in [1.82, 2.24) is 20.4 Å². The number of nitriles is 1. The first-order valence-electron chi connectivity index (χ1n) is 12.9. The minimum Gasteiger partial charge on any atom is -0.354 e. The summed E-state index contributed by atoms with van der Waals surface area (Å²) >= 11 is 6.08. The Bertz CT molecular complexity index is 1270. The number of amides is 1. The highest BCUT2D eigenvalue weighted by Gasteiger charge is 2.42. The van der Waals surface area contributed by atoms with E-state index in [1.165, 1.54) is 12.1 Å². The molecule has 10 heteroatoms. The lowest BCUT2D eigenvalue weighted by Gasteiger charge is -2.34. The minimum atomic E-state index is -0.660. The number of nitrogens with one attached hydrogen (secondary N) is 1. The maximum Gasteiger partial charge on any atom is 0.228 e. The van der Waals surface area contributed by atoms with Crippen LogP contribution in [0, 0.1) is 34.8 Å². The number of hydrogen-bond donors (Lipinski definition) is 1. The Balaban J connectivity index is 1.32. The molecule has 1 N–H and O–H groups in total. The standard InChI is InChI=1S/C28H29ClF2N6O/c29-19-5-3-18(4-6-19)26-2-1-12-36(13-11-33-26)28(38)24-17-37(27-10-8-21(15-32)34-35-27)16-23(24)22-9-7-20(30)14-25(22)31/h3,5-10,14,18,23-24,26,33H,1-2,4,11-13,16-17H2/t18?,23-,24+,26-/m0/s1. The van der Waals surface area contributed by atoms with Crippen molar-refractivity contribution in [3.8, 4) is 6.07 Å². The van der Waals surface area contributed by atoms with E-state index in [0.717, 1.165) is 30.4 Å². The fourth-order valence-corrected chi connectivity index (χ4v) is 5.90. The summed E-state index contributed by atoms with van der Waals surface area (Å²) < 4.78 is 28.6. The summed E-state index contributed by atoms with van der Waals surface area (Å²) in [5.41, 5.74) is 0.505. The first kappa shape index (κ1) is 26.3. The van der Waals surface area contributed by atoms with Gasteiger partial charge in [-0.15, -0.1) is 10.2 Å². The summed E-state index contributed by atoms with van der Waals surface area (Å²) in [4.78, 5) is 17.6. The zero-order valence-corrected chi connectivity index (χ0v) is 21.6. The third-order valence-electron chi connectivity index (χ3n) is 7.74. The van der Waals surface area contributed by atoms with Crippen LogP contribution in [0.2, 0.25) is 0 Å². The number of anilines is 1. The predicted molar refractivity (Wildman–Crippen MR) is 140 cm³/mol. The third-order valence-corrected chi connectivity index (χ3v) is 8.02. The van der Waals surface area contributed by atoms with Crippen molar-refractivity contribution in [2.75, 3.05) is 37.6 Å². The van der Waals surface area contributed by atoms with Crippen molar-refractivity contribution < 1.29 is 13.6 Å². The fourth-order valence-electron chi connectivity index (χ4n) is 5.74. The molecule has 2 saturated heterocycles. The van der Waals surface area contributed by atoms with Gasteiger partial charge in [-0.1, -0.05) is 29.8 Å². The third kappa shape index (κ3) is 5.71. The highest BCUT2D eigenvalue weighted by atomic mass is 35.5. The van der Waals surface area contributed by atoms with E-state index < -0.39 is 23.5 Å². The second-order valence-corrected chi connectivity index (χ2v) is 10.5. The van der Waals surface area contributed by atoms with E-state index in [-0.39, 0.29) is 11.6 Å². The van der Waals surface area contributed by atoms with Gasteiger partial charge in [0, 0.05) is 55.8 Å². The molecule has 198 valence electrons. The number of rotatable bonds is 4. The Morgan fingerprint density at radius 1 is 1.16 bits per heavy atom. The maximum atomic E-state index is 14.9. The number of allylic oxidation sites excluding steroid dienone is 3. The summed E-state index contributed by atoms with van der Waals surface area (Å²) in [6.45, 7) is 2.49. The second kappa shape index (κ2) is 11.6. The van der Waals surface area contributed by atoms with Gasteiger partial charge in [0.1, 0.15) is 17.7 Å². The smallest absolute Gasteiger partial charge is 0.228 e. The lowest BCUT2D eigenvalue weighted by molar-refractivity contribution is -0.135. The van der Waals surface area contributed by atoms with Gasteiger partial charge in [-0.05, 0) is 55.0 Å². The normalized spacial score (nSPS) is 25.9. The Labute approximate surface area is 225 Å². The molecule has 3 aliphatic rings. The van der Waals surface area contributed by atoms with Crippen LogP contribution in [0.25, 0.3) is 0 Å².